The van der Waals surface area contributed by atoms with Gasteiger partial charge in [-0.05, 0) is 72.1 Å². The normalized spacial score (nSPS) is 16.8. The van der Waals surface area contributed by atoms with Crippen LogP contribution in [0.3, 0.4) is 0 Å². The molecular weight excluding hydrogens is 560 g/mol. The second-order valence-corrected chi connectivity index (χ2v) is 12.0. The summed E-state index contributed by atoms with van der Waals surface area (Å²) in [5, 5.41) is 11.6. The summed E-state index contributed by atoms with van der Waals surface area (Å²) in [5.74, 6) is -0.706. The quantitative estimate of drug-likeness (QED) is 0.156. The zero-order valence-corrected chi connectivity index (χ0v) is 23.9. The molecular formula is C32H29FNO7P. The van der Waals surface area contributed by atoms with Crippen molar-refractivity contribution < 1.29 is 37.4 Å². The lowest BCUT2D eigenvalue weighted by Crippen LogP contribution is -2.29. The van der Waals surface area contributed by atoms with Crippen LogP contribution in [0.4, 0.5) is 14.9 Å². The van der Waals surface area contributed by atoms with Crippen molar-refractivity contribution in [2.45, 2.75) is 25.0 Å². The fourth-order valence-electron chi connectivity index (χ4n) is 5.09. The average molecular weight is 590 g/mol. The number of hydrogen-bond donors (Lipinski definition) is 1. The van der Waals surface area contributed by atoms with Gasteiger partial charge in [-0.15, -0.1) is 0 Å². The molecule has 0 bridgehead atoms. The van der Waals surface area contributed by atoms with Crippen molar-refractivity contribution in [2.75, 3.05) is 19.1 Å². The van der Waals surface area contributed by atoms with Gasteiger partial charge in [0.05, 0.1) is 5.30 Å². The van der Waals surface area contributed by atoms with E-state index in [0.29, 0.717) is 27.7 Å². The summed E-state index contributed by atoms with van der Waals surface area (Å²) in [6.45, 7) is 0. The van der Waals surface area contributed by atoms with Crippen molar-refractivity contribution in [1.82, 2.24) is 0 Å². The van der Waals surface area contributed by atoms with Crippen molar-refractivity contribution in [3.8, 4) is 16.9 Å². The lowest BCUT2D eigenvalue weighted by Gasteiger charge is -2.26. The zero-order valence-electron chi connectivity index (χ0n) is 23.0. The molecule has 0 unspecified atom stereocenters. The van der Waals surface area contributed by atoms with Gasteiger partial charge >= 0.3 is 13.7 Å². The zero-order chi connectivity index (χ0) is 29.9. The molecule has 1 aliphatic rings. The Kier molecular flexibility index (Phi) is 8.54. The fourth-order valence-corrected chi connectivity index (χ4v) is 6.17. The third-order valence-corrected chi connectivity index (χ3v) is 9.17. The number of phenolic OH excluding ortho intramolecular Hbond substituents is 1. The molecule has 1 heterocycles. The molecule has 1 saturated heterocycles. The number of amides is 1. The first-order valence-corrected chi connectivity index (χ1v) is 14.8. The van der Waals surface area contributed by atoms with Crippen LogP contribution in [0.2, 0.25) is 0 Å². The molecule has 5 rings (SSSR count). The molecule has 1 aliphatic heterocycles. The molecule has 0 spiro atoms. The van der Waals surface area contributed by atoms with Crippen LogP contribution in [0.5, 0.6) is 5.75 Å². The highest BCUT2D eigenvalue weighted by Crippen LogP contribution is 2.46. The molecule has 0 radical (unpaired) electrons. The lowest BCUT2D eigenvalue weighted by atomic mass is 9.93. The van der Waals surface area contributed by atoms with Crippen molar-refractivity contribution in [3.63, 3.8) is 0 Å². The Balaban J connectivity index is 1.44. The number of aromatic hydroxyl groups is 1. The van der Waals surface area contributed by atoms with Crippen molar-refractivity contribution in [1.29, 1.82) is 0 Å². The first kappa shape index (κ1) is 29.2. The number of nitrogens with zero attached hydrogens (tertiary/aromatic N) is 1. The van der Waals surface area contributed by atoms with Crippen LogP contribution >= 0.6 is 7.60 Å². The van der Waals surface area contributed by atoms with E-state index < -0.39 is 31.7 Å². The highest BCUT2D eigenvalue weighted by atomic mass is 31.2. The molecule has 0 aliphatic carbocycles. The van der Waals surface area contributed by atoms with E-state index in [-0.39, 0.29) is 24.4 Å². The number of ketones is 1. The van der Waals surface area contributed by atoms with E-state index in [0.717, 1.165) is 5.56 Å². The van der Waals surface area contributed by atoms with Crippen LogP contribution in [-0.2, 0) is 18.3 Å². The molecule has 2 atom stereocenters. The Morgan fingerprint density at radius 2 is 1.57 bits per heavy atom. The van der Waals surface area contributed by atoms with Gasteiger partial charge in [-0.2, -0.15) is 0 Å². The van der Waals surface area contributed by atoms with E-state index in [9.17, 15) is 23.7 Å². The molecule has 0 aromatic heterocycles. The Morgan fingerprint density at radius 1 is 0.929 bits per heavy atom. The summed E-state index contributed by atoms with van der Waals surface area (Å²) in [4.78, 5) is 27.4. The third-order valence-electron chi connectivity index (χ3n) is 7.28. The molecule has 42 heavy (non-hydrogen) atoms. The molecule has 216 valence electrons. The maximum Gasteiger partial charge on any atom is 0.415 e. The average Bonchev–Trinajstić information content (AvgIpc) is 3.35. The van der Waals surface area contributed by atoms with E-state index in [2.05, 4.69) is 0 Å². The lowest BCUT2D eigenvalue weighted by molar-refractivity contribution is 0.0921. The van der Waals surface area contributed by atoms with Gasteiger partial charge in [0.25, 0.3) is 0 Å². The molecule has 4 aromatic carbocycles. The van der Waals surface area contributed by atoms with Crippen LogP contribution in [0.1, 0.15) is 34.8 Å². The number of cyclic esters (lactones) is 1. The monoisotopic (exact) mass is 589 g/mol. The fraction of sp³-hybridized carbons (Fsp3) is 0.188. The highest BCUT2D eigenvalue weighted by molar-refractivity contribution is 7.62. The minimum atomic E-state index is -3.40. The van der Waals surface area contributed by atoms with Crippen molar-refractivity contribution in [2.24, 2.45) is 0 Å². The first-order valence-electron chi connectivity index (χ1n) is 13.2. The Labute approximate surface area is 242 Å². The Bertz CT molecular complexity index is 1620. The number of phenols is 1. The molecule has 1 amide bonds. The Hall–Kier alpha value is -4.30. The molecule has 8 nitrogen and oxygen atoms in total. The number of carbonyl (C=O) groups excluding carboxylic acids is 2. The van der Waals surface area contributed by atoms with Gasteiger partial charge in [0, 0.05) is 37.5 Å². The number of para-hydroxylation sites is 1. The smallest absolute Gasteiger partial charge is 0.415 e. The van der Waals surface area contributed by atoms with E-state index in [1.54, 1.807) is 60.7 Å². The number of carbonyl (C=O) groups is 2. The van der Waals surface area contributed by atoms with Gasteiger partial charge in [0.15, 0.2) is 5.78 Å². The molecule has 0 saturated carbocycles. The van der Waals surface area contributed by atoms with Crippen LogP contribution < -0.4 is 10.2 Å². The number of rotatable bonds is 10. The van der Waals surface area contributed by atoms with Crippen LogP contribution in [0.25, 0.3) is 11.1 Å². The van der Waals surface area contributed by atoms with E-state index in [1.165, 1.54) is 43.4 Å². The Morgan fingerprint density at radius 3 is 2.19 bits per heavy atom. The maximum atomic E-state index is 13.3. The minimum Gasteiger partial charge on any atom is -0.508 e. The summed E-state index contributed by atoms with van der Waals surface area (Å²) >= 11 is 0. The van der Waals surface area contributed by atoms with Crippen molar-refractivity contribution >= 4 is 30.5 Å². The summed E-state index contributed by atoms with van der Waals surface area (Å²) in [6, 6.07) is 25.4. The van der Waals surface area contributed by atoms with E-state index in [1.807, 2.05) is 12.1 Å². The van der Waals surface area contributed by atoms with Gasteiger partial charge in [-0.1, -0.05) is 42.5 Å². The SMILES string of the molecule is COP(=O)(OC)c1ccc(-c2ccc([C@@H]3[C@@H](CCC(=O)c4ccc(F)cc4)OC(=O)N3c3ccccc3)c(O)c2)cc1. The predicted molar refractivity (Wildman–Crippen MR) is 157 cm³/mol. The summed E-state index contributed by atoms with van der Waals surface area (Å²) in [6.07, 6.45) is -1.08. The topological polar surface area (TPSA) is 102 Å². The van der Waals surface area contributed by atoms with Crippen LogP contribution in [0, 0.1) is 5.82 Å². The summed E-state index contributed by atoms with van der Waals surface area (Å²) in [7, 11) is -0.770. The third kappa shape index (κ3) is 5.85. The van der Waals surface area contributed by atoms with Gasteiger partial charge in [0.1, 0.15) is 23.7 Å². The van der Waals surface area contributed by atoms with Gasteiger partial charge < -0.3 is 18.9 Å². The molecule has 1 fully saturated rings. The summed E-state index contributed by atoms with van der Waals surface area (Å²) in [5.41, 5.74) is 2.83. The maximum absolute atomic E-state index is 13.3. The molecule has 1 N–H and O–H groups in total. The van der Waals surface area contributed by atoms with Gasteiger partial charge in [-0.3, -0.25) is 14.3 Å². The number of hydrogen-bond acceptors (Lipinski definition) is 7. The van der Waals surface area contributed by atoms with E-state index in [4.69, 9.17) is 13.8 Å². The largest absolute Gasteiger partial charge is 0.508 e. The molecule has 4 aromatic rings. The van der Waals surface area contributed by atoms with Crippen molar-refractivity contribution in [3.05, 3.63) is 114 Å². The number of anilines is 1. The van der Waals surface area contributed by atoms with Crippen LogP contribution in [-0.4, -0.2) is 37.3 Å². The summed E-state index contributed by atoms with van der Waals surface area (Å²) < 4.78 is 41.9. The minimum absolute atomic E-state index is 0.0563. The van der Waals surface area contributed by atoms with Crippen LogP contribution in [0.15, 0.2) is 97.1 Å². The second-order valence-electron chi connectivity index (χ2n) is 9.72. The number of Topliss-reactive ketones (excluding diaryl/α,β-unsaturated/α-hetero) is 1. The van der Waals surface area contributed by atoms with Gasteiger partial charge in [-0.25, -0.2) is 9.18 Å². The second kappa shape index (κ2) is 12.3. The molecule has 10 heteroatoms. The highest BCUT2D eigenvalue weighted by Gasteiger charge is 2.44. The van der Waals surface area contributed by atoms with Gasteiger partial charge in [0.2, 0.25) is 0 Å². The standard InChI is InChI=1S/C32H29FNO7P/c1-39-42(38,40-2)26-15-10-21(11-16-26)23-12-17-27(29(36)20-23)31-30(19-18-28(35)22-8-13-24(33)14-9-22)41-32(37)34(31)25-6-4-3-5-7-25/h3-17,20,30-31,36H,18-19H2,1-2H3/t30-,31-/m1/s1. The number of halogens is 1. The first-order chi connectivity index (χ1) is 20.2. The predicted octanol–water partition coefficient (Wildman–Crippen LogP) is 7.04. The number of ether oxygens (including phenoxy) is 1. The van der Waals surface area contributed by atoms with E-state index >= 15 is 0 Å². The number of benzene rings is 4.